The van der Waals surface area contributed by atoms with Crippen LogP contribution in [-0.4, -0.2) is 15.4 Å². The monoisotopic (exact) mass is 201 g/mol. The second-order valence-electron chi connectivity index (χ2n) is 3.78. The maximum atomic E-state index is 5.66. The summed E-state index contributed by atoms with van der Waals surface area (Å²) in [4.78, 5) is 4.32. The van der Waals surface area contributed by atoms with Gasteiger partial charge in [0.1, 0.15) is 5.65 Å². The quantitative estimate of drug-likeness (QED) is 0.826. The maximum Gasteiger partial charge on any atom is 0.136 e. The van der Waals surface area contributed by atoms with E-state index in [1.165, 1.54) is 0 Å². The Kier molecular flexibility index (Phi) is 2.83. The van der Waals surface area contributed by atoms with E-state index < -0.39 is 0 Å². The van der Waals surface area contributed by atoms with E-state index in [-0.39, 0.29) is 6.04 Å². The van der Waals surface area contributed by atoms with Crippen molar-refractivity contribution in [1.82, 2.24) is 9.38 Å². The summed E-state index contributed by atoms with van der Waals surface area (Å²) in [5.74, 6) is 0. The molecule has 0 saturated carbocycles. The minimum absolute atomic E-state index is 0.213. The maximum absolute atomic E-state index is 5.66. The highest BCUT2D eigenvalue weighted by Gasteiger charge is 1.93. The summed E-state index contributed by atoms with van der Waals surface area (Å²) in [6.45, 7) is 2.00. The first-order chi connectivity index (χ1) is 7.25. The molecule has 2 aromatic heterocycles. The van der Waals surface area contributed by atoms with Crippen LogP contribution in [0.25, 0.3) is 11.7 Å². The smallest absolute Gasteiger partial charge is 0.136 e. The van der Waals surface area contributed by atoms with Crippen molar-refractivity contribution in [2.75, 3.05) is 0 Å². The molecule has 2 rings (SSSR count). The number of hydrogen-bond acceptors (Lipinski definition) is 2. The number of hydrogen-bond donors (Lipinski definition) is 1. The van der Waals surface area contributed by atoms with E-state index in [9.17, 15) is 0 Å². The molecule has 2 aromatic rings. The molecule has 3 nitrogen and oxygen atoms in total. The first-order valence-corrected chi connectivity index (χ1v) is 5.10. The summed E-state index contributed by atoms with van der Waals surface area (Å²) in [7, 11) is 0. The van der Waals surface area contributed by atoms with Crippen LogP contribution in [0.5, 0.6) is 0 Å². The summed E-state index contributed by atoms with van der Waals surface area (Å²) < 4.78 is 2.01. The fourth-order valence-electron chi connectivity index (χ4n) is 1.44. The van der Waals surface area contributed by atoms with Crippen molar-refractivity contribution in [3.05, 3.63) is 42.4 Å². The van der Waals surface area contributed by atoms with E-state index in [1.54, 1.807) is 0 Å². The zero-order chi connectivity index (χ0) is 10.7. The van der Waals surface area contributed by atoms with Crippen LogP contribution in [-0.2, 0) is 0 Å². The van der Waals surface area contributed by atoms with Crippen LogP contribution >= 0.6 is 0 Å². The Labute approximate surface area is 89.2 Å². The molecule has 0 bridgehead atoms. The van der Waals surface area contributed by atoms with E-state index in [2.05, 4.69) is 23.3 Å². The molecular weight excluding hydrogens is 186 g/mol. The minimum Gasteiger partial charge on any atom is -0.328 e. The van der Waals surface area contributed by atoms with Gasteiger partial charge in [0.05, 0.1) is 0 Å². The van der Waals surface area contributed by atoms with Crippen molar-refractivity contribution in [2.45, 2.75) is 19.4 Å². The average molecular weight is 201 g/mol. The fraction of sp³-hybridized carbons (Fsp3) is 0.250. The first kappa shape index (κ1) is 9.93. The molecule has 15 heavy (non-hydrogen) atoms. The molecule has 1 atom stereocenters. The Bertz CT molecular complexity index is 468. The Morgan fingerprint density at radius 3 is 3.27 bits per heavy atom. The normalized spacial score (nSPS) is 13.7. The van der Waals surface area contributed by atoms with Gasteiger partial charge in [-0.05, 0) is 25.5 Å². The van der Waals surface area contributed by atoms with Crippen molar-refractivity contribution in [2.24, 2.45) is 5.73 Å². The van der Waals surface area contributed by atoms with Crippen LogP contribution in [0.4, 0.5) is 0 Å². The lowest BCUT2D eigenvalue weighted by atomic mass is 10.2. The Morgan fingerprint density at radius 1 is 1.60 bits per heavy atom. The van der Waals surface area contributed by atoms with Crippen LogP contribution in [0.3, 0.4) is 0 Å². The van der Waals surface area contributed by atoms with Crippen molar-refractivity contribution in [3.63, 3.8) is 0 Å². The lowest BCUT2D eigenvalue weighted by molar-refractivity contribution is 0.759. The second-order valence-corrected chi connectivity index (χ2v) is 3.78. The summed E-state index contributed by atoms with van der Waals surface area (Å²) in [6.07, 6.45) is 10.9. The fourth-order valence-corrected chi connectivity index (χ4v) is 1.44. The summed E-state index contributed by atoms with van der Waals surface area (Å²) >= 11 is 0. The van der Waals surface area contributed by atoms with Gasteiger partial charge >= 0.3 is 0 Å². The van der Waals surface area contributed by atoms with Crippen LogP contribution in [0.1, 0.15) is 18.9 Å². The SMILES string of the molecule is C[C@H](N)C/C=C/c1cnc2cccn2c1. The van der Waals surface area contributed by atoms with E-state index in [4.69, 9.17) is 5.73 Å². The van der Waals surface area contributed by atoms with Crippen LogP contribution < -0.4 is 5.73 Å². The van der Waals surface area contributed by atoms with Gasteiger partial charge in [-0.3, -0.25) is 0 Å². The van der Waals surface area contributed by atoms with Gasteiger partial charge in [-0.2, -0.15) is 0 Å². The molecule has 0 aromatic carbocycles. The lowest BCUT2D eigenvalue weighted by Gasteiger charge is -1.99. The number of rotatable bonds is 3. The largest absolute Gasteiger partial charge is 0.328 e. The summed E-state index contributed by atoms with van der Waals surface area (Å²) in [5, 5.41) is 0. The average Bonchev–Trinajstić information content (AvgIpc) is 2.64. The third-order valence-electron chi connectivity index (χ3n) is 2.21. The standard InChI is InChI=1S/C12H15N3/c1-10(13)4-2-5-11-8-14-12-6-3-7-15(12)9-11/h2-3,5-10H,4,13H2,1H3/b5-2+/t10-/m0/s1. The van der Waals surface area contributed by atoms with Gasteiger partial charge in [-0.15, -0.1) is 0 Å². The molecule has 0 spiro atoms. The van der Waals surface area contributed by atoms with Crippen LogP contribution in [0, 0.1) is 0 Å². The van der Waals surface area contributed by atoms with Crippen LogP contribution in [0.15, 0.2) is 36.8 Å². The molecule has 0 fully saturated rings. The number of fused-ring (bicyclic) bond motifs is 1. The Hall–Kier alpha value is -1.61. The van der Waals surface area contributed by atoms with Gasteiger partial charge < -0.3 is 10.1 Å². The predicted molar refractivity (Wildman–Crippen MR) is 62.5 cm³/mol. The minimum atomic E-state index is 0.213. The third-order valence-corrected chi connectivity index (χ3v) is 2.21. The predicted octanol–water partition coefficient (Wildman–Crippen LogP) is 2.08. The summed E-state index contributed by atoms with van der Waals surface area (Å²) in [6, 6.07) is 4.18. The molecule has 3 heteroatoms. The summed E-state index contributed by atoms with van der Waals surface area (Å²) in [5.41, 5.74) is 7.73. The molecule has 0 aliphatic heterocycles. The lowest BCUT2D eigenvalue weighted by Crippen LogP contribution is -2.12. The highest BCUT2D eigenvalue weighted by atomic mass is 14.9. The van der Waals surface area contributed by atoms with Crippen molar-refractivity contribution >= 4 is 11.7 Å². The van der Waals surface area contributed by atoms with E-state index in [1.807, 2.05) is 35.9 Å². The number of nitrogens with two attached hydrogens (primary N) is 1. The molecule has 0 unspecified atom stereocenters. The van der Waals surface area contributed by atoms with E-state index in [0.717, 1.165) is 17.6 Å². The third kappa shape index (κ3) is 2.44. The molecule has 2 N–H and O–H groups in total. The van der Waals surface area contributed by atoms with Crippen molar-refractivity contribution < 1.29 is 0 Å². The van der Waals surface area contributed by atoms with Gasteiger partial charge in [0.15, 0.2) is 0 Å². The highest BCUT2D eigenvalue weighted by Crippen LogP contribution is 2.06. The molecular formula is C12H15N3. The van der Waals surface area contributed by atoms with Gasteiger partial charge in [0, 0.05) is 30.2 Å². The molecule has 2 heterocycles. The molecule has 0 aliphatic carbocycles. The number of aromatic nitrogens is 2. The molecule has 0 aliphatic rings. The topological polar surface area (TPSA) is 43.3 Å². The molecule has 0 saturated heterocycles. The molecule has 78 valence electrons. The molecule has 0 radical (unpaired) electrons. The van der Waals surface area contributed by atoms with E-state index >= 15 is 0 Å². The van der Waals surface area contributed by atoms with Crippen LogP contribution in [0.2, 0.25) is 0 Å². The first-order valence-electron chi connectivity index (χ1n) is 5.10. The van der Waals surface area contributed by atoms with Crippen molar-refractivity contribution in [3.8, 4) is 0 Å². The van der Waals surface area contributed by atoms with Gasteiger partial charge in [-0.1, -0.05) is 12.2 Å². The highest BCUT2D eigenvalue weighted by molar-refractivity contribution is 5.50. The van der Waals surface area contributed by atoms with Gasteiger partial charge in [0.2, 0.25) is 0 Å². The van der Waals surface area contributed by atoms with Crippen molar-refractivity contribution in [1.29, 1.82) is 0 Å². The number of nitrogens with zero attached hydrogens (tertiary/aromatic N) is 2. The van der Waals surface area contributed by atoms with Gasteiger partial charge in [-0.25, -0.2) is 4.98 Å². The Morgan fingerprint density at radius 2 is 2.47 bits per heavy atom. The van der Waals surface area contributed by atoms with Gasteiger partial charge in [0.25, 0.3) is 0 Å². The molecule has 0 amide bonds. The van der Waals surface area contributed by atoms with E-state index in [0.29, 0.717) is 0 Å². The second kappa shape index (κ2) is 4.28. The zero-order valence-corrected chi connectivity index (χ0v) is 8.80. The Balaban J connectivity index is 2.17. The zero-order valence-electron chi connectivity index (χ0n) is 8.80.